The van der Waals surface area contributed by atoms with Crippen LogP contribution in [0.2, 0.25) is 5.02 Å². The van der Waals surface area contributed by atoms with E-state index in [1.54, 1.807) is 38.1 Å². The van der Waals surface area contributed by atoms with Crippen LogP contribution in [-0.2, 0) is 14.8 Å². The third-order valence-corrected chi connectivity index (χ3v) is 6.83. The second kappa shape index (κ2) is 7.92. The summed E-state index contributed by atoms with van der Waals surface area (Å²) < 4.78 is 31.6. The highest BCUT2D eigenvalue weighted by Crippen LogP contribution is 2.39. The summed E-state index contributed by atoms with van der Waals surface area (Å²) in [5.41, 5.74) is -0.486. The molecule has 3 rings (SSSR count). The summed E-state index contributed by atoms with van der Waals surface area (Å²) in [6, 6.07) is 11.2. The average Bonchev–Trinajstić information content (AvgIpc) is 2.79. The molecule has 1 heterocycles. The maximum absolute atomic E-state index is 12.8. The molecule has 7 nitrogen and oxygen atoms in total. The van der Waals surface area contributed by atoms with Crippen molar-refractivity contribution in [3.05, 3.63) is 53.1 Å². The molecule has 2 aromatic carbocycles. The number of carbonyl (C=O) groups is 2. The molecule has 2 aromatic rings. The van der Waals surface area contributed by atoms with Crippen LogP contribution in [-0.4, -0.2) is 32.1 Å². The molecular formula is C21H23ClN2O5S. The van der Waals surface area contributed by atoms with Gasteiger partial charge in [-0.3, -0.25) is 9.59 Å². The van der Waals surface area contributed by atoms with E-state index in [0.717, 1.165) is 0 Å². The fourth-order valence-corrected chi connectivity index (χ4v) is 5.54. The number of benzene rings is 2. The van der Waals surface area contributed by atoms with Gasteiger partial charge in [-0.15, -0.1) is 0 Å². The summed E-state index contributed by atoms with van der Waals surface area (Å²) in [6.45, 7) is 6.87. The van der Waals surface area contributed by atoms with Crippen LogP contribution in [0.4, 0.5) is 11.4 Å². The van der Waals surface area contributed by atoms with Gasteiger partial charge in [0.25, 0.3) is 5.91 Å². The summed E-state index contributed by atoms with van der Waals surface area (Å²) in [5.74, 6) is -0.895. The van der Waals surface area contributed by atoms with Crippen LogP contribution in [0.1, 0.15) is 38.1 Å². The van der Waals surface area contributed by atoms with Crippen LogP contribution in [0, 0.1) is 5.41 Å². The van der Waals surface area contributed by atoms with Crippen molar-refractivity contribution in [1.82, 2.24) is 0 Å². The van der Waals surface area contributed by atoms with Crippen LogP contribution >= 0.6 is 11.6 Å². The molecule has 1 fully saturated rings. The van der Waals surface area contributed by atoms with Crippen molar-refractivity contribution in [3.63, 3.8) is 0 Å². The quantitative estimate of drug-likeness (QED) is 0.740. The molecule has 2 amide bonds. The number of anilines is 2. The number of nitrogens with zero attached hydrogens (tertiary/aromatic N) is 1. The van der Waals surface area contributed by atoms with Gasteiger partial charge in [0, 0.05) is 5.56 Å². The van der Waals surface area contributed by atoms with Gasteiger partial charge >= 0.3 is 0 Å². The Bertz CT molecular complexity index is 1110. The fraction of sp³-hybridized carbons (Fsp3) is 0.333. The molecule has 0 aromatic heterocycles. The zero-order valence-corrected chi connectivity index (χ0v) is 18.7. The van der Waals surface area contributed by atoms with Gasteiger partial charge in [0.2, 0.25) is 15.9 Å². The van der Waals surface area contributed by atoms with Crippen LogP contribution in [0.3, 0.4) is 0 Å². The highest BCUT2D eigenvalue weighted by molar-refractivity contribution is 7.94. The Morgan fingerprint density at radius 1 is 1.20 bits per heavy atom. The van der Waals surface area contributed by atoms with Gasteiger partial charge in [-0.25, -0.2) is 12.7 Å². The van der Waals surface area contributed by atoms with Gasteiger partial charge < -0.3 is 10.1 Å². The number of hydrogen-bond acceptors (Lipinski definition) is 5. The van der Waals surface area contributed by atoms with E-state index in [-0.39, 0.29) is 28.1 Å². The zero-order chi connectivity index (χ0) is 22.3. The van der Waals surface area contributed by atoms with Crippen molar-refractivity contribution >= 4 is 44.8 Å². The Hall–Kier alpha value is -2.58. The topological polar surface area (TPSA) is 92.8 Å². The van der Waals surface area contributed by atoms with Crippen molar-refractivity contribution in [2.45, 2.75) is 33.8 Å². The highest BCUT2D eigenvalue weighted by atomic mass is 35.5. The van der Waals surface area contributed by atoms with E-state index in [4.69, 9.17) is 16.3 Å². The molecular weight excluding hydrogens is 428 g/mol. The summed E-state index contributed by atoms with van der Waals surface area (Å²) >= 11 is 6.20. The molecule has 1 aliphatic rings. The number of para-hydroxylation sites is 2. The predicted molar refractivity (Wildman–Crippen MR) is 117 cm³/mol. The highest BCUT2D eigenvalue weighted by Gasteiger charge is 2.50. The van der Waals surface area contributed by atoms with Crippen LogP contribution in [0.25, 0.3) is 0 Å². The second-order valence-electron chi connectivity index (χ2n) is 7.99. The van der Waals surface area contributed by atoms with E-state index in [2.05, 4.69) is 5.32 Å². The molecule has 9 heteroatoms. The van der Waals surface area contributed by atoms with E-state index in [1.165, 1.54) is 18.2 Å². The first kappa shape index (κ1) is 22.1. The Labute approximate surface area is 181 Å². The normalized spacial score (nSPS) is 17.3. The molecule has 1 N–H and O–H groups in total. The molecule has 1 aliphatic heterocycles. The molecule has 0 atom stereocenters. The van der Waals surface area contributed by atoms with E-state index in [1.807, 2.05) is 13.8 Å². The molecule has 0 saturated carbocycles. The van der Waals surface area contributed by atoms with Crippen LogP contribution in [0.15, 0.2) is 42.5 Å². The minimum absolute atomic E-state index is 0.0355. The van der Waals surface area contributed by atoms with Crippen molar-refractivity contribution in [3.8, 4) is 5.75 Å². The first-order valence-corrected chi connectivity index (χ1v) is 11.3. The summed E-state index contributed by atoms with van der Waals surface area (Å²) in [5, 5.41) is 2.82. The molecule has 1 saturated heterocycles. The summed E-state index contributed by atoms with van der Waals surface area (Å²) in [6.07, 6.45) is -0.0834. The standard InChI is InChI=1S/C21H23ClN2O5S/c1-13(2)29-18-8-6-5-7-16(18)23-19(25)14-9-10-15(22)17(11-14)24-20(26)21(3,4)12-30(24,27)28/h5-11,13H,12H2,1-4H3,(H,23,25). The van der Waals surface area contributed by atoms with Crippen molar-refractivity contribution in [2.75, 3.05) is 15.4 Å². The molecule has 0 aliphatic carbocycles. The van der Waals surface area contributed by atoms with E-state index in [0.29, 0.717) is 15.7 Å². The molecule has 30 heavy (non-hydrogen) atoms. The molecule has 0 radical (unpaired) electrons. The first-order valence-electron chi connectivity index (χ1n) is 9.36. The number of hydrogen-bond donors (Lipinski definition) is 1. The van der Waals surface area contributed by atoms with Gasteiger partial charge in [0.15, 0.2) is 0 Å². The Kier molecular flexibility index (Phi) is 5.84. The lowest BCUT2D eigenvalue weighted by Crippen LogP contribution is -2.33. The monoisotopic (exact) mass is 450 g/mol. The smallest absolute Gasteiger partial charge is 0.255 e. The number of carbonyl (C=O) groups excluding carboxylic acids is 2. The number of ether oxygens (including phenoxy) is 1. The lowest BCUT2D eigenvalue weighted by atomic mass is 9.95. The average molecular weight is 451 g/mol. The summed E-state index contributed by atoms with van der Waals surface area (Å²) in [7, 11) is -3.89. The molecule has 0 unspecified atom stereocenters. The SMILES string of the molecule is CC(C)Oc1ccccc1NC(=O)c1ccc(Cl)c(N2C(=O)C(C)(C)CS2(=O)=O)c1. The van der Waals surface area contributed by atoms with E-state index in [9.17, 15) is 18.0 Å². The Morgan fingerprint density at radius 2 is 1.87 bits per heavy atom. The van der Waals surface area contributed by atoms with Gasteiger partial charge in [-0.05, 0) is 58.0 Å². The third-order valence-electron chi connectivity index (χ3n) is 4.51. The number of rotatable bonds is 5. The van der Waals surface area contributed by atoms with E-state index < -0.39 is 27.3 Å². The first-order chi connectivity index (χ1) is 13.9. The lowest BCUT2D eigenvalue weighted by molar-refractivity contribution is -0.123. The molecule has 0 spiro atoms. The van der Waals surface area contributed by atoms with E-state index >= 15 is 0 Å². The van der Waals surface area contributed by atoms with Gasteiger partial charge in [-0.1, -0.05) is 23.7 Å². The third kappa shape index (κ3) is 4.29. The maximum Gasteiger partial charge on any atom is 0.255 e. The molecule has 160 valence electrons. The Morgan fingerprint density at radius 3 is 2.47 bits per heavy atom. The molecule has 0 bridgehead atoms. The zero-order valence-electron chi connectivity index (χ0n) is 17.1. The van der Waals surface area contributed by atoms with Gasteiger partial charge in [0.1, 0.15) is 5.75 Å². The Balaban J connectivity index is 1.95. The number of sulfonamides is 1. The summed E-state index contributed by atoms with van der Waals surface area (Å²) in [4.78, 5) is 25.5. The van der Waals surface area contributed by atoms with Crippen molar-refractivity contribution in [1.29, 1.82) is 0 Å². The predicted octanol–water partition coefficient (Wildman–Crippen LogP) is 4.08. The lowest BCUT2D eigenvalue weighted by Gasteiger charge is -2.19. The van der Waals surface area contributed by atoms with Crippen molar-refractivity contribution in [2.24, 2.45) is 5.41 Å². The van der Waals surface area contributed by atoms with Gasteiger partial charge in [0.05, 0.1) is 33.7 Å². The van der Waals surface area contributed by atoms with Crippen LogP contribution in [0.5, 0.6) is 5.75 Å². The second-order valence-corrected chi connectivity index (χ2v) is 10.2. The van der Waals surface area contributed by atoms with Crippen molar-refractivity contribution < 1.29 is 22.7 Å². The van der Waals surface area contributed by atoms with Gasteiger partial charge in [-0.2, -0.15) is 0 Å². The minimum atomic E-state index is -3.89. The number of nitrogens with one attached hydrogen (secondary N) is 1. The largest absolute Gasteiger partial charge is 0.489 e. The fourth-order valence-electron chi connectivity index (χ4n) is 3.17. The van der Waals surface area contributed by atoms with Crippen LogP contribution < -0.4 is 14.4 Å². The minimum Gasteiger partial charge on any atom is -0.489 e. The number of halogens is 1. The number of amides is 2. The maximum atomic E-state index is 12.8.